The zero-order valence-electron chi connectivity index (χ0n) is 10.9. The fourth-order valence-corrected chi connectivity index (χ4v) is 1.94. The minimum atomic E-state index is -0.900. The van der Waals surface area contributed by atoms with E-state index in [1.165, 1.54) is 0 Å². The van der Waals surface area contributed by atoms with Crippen molar-refractivity contribution >= 4 is 11.9 Å². The Morgan fingerprint density at radius 2 is 1.94 bits per heavy atom. The fourth-order valence-electron chi connectivity index (χ4n) is 1.94. The molecule has 0 aromatic heterocycles. The molecular formula is C12H24N2O3. The van der Waals surface area contributed by atoms with Crippen molar-refractivity contribution < 1.29 is 14.7 Å². The Morgan fingerprint density at radius 1 is 1.35 bits per heavy atom. The molecule has 0 rings (SSSR count). The number of carboxylic acids is 1. The van der Waals surface area contributed by atoms with E-state index in [9.17, 15) is 9.59 Å². The first-order chi connectivity index (χ1) is 7.92. The number of carbonyl (C=O) groups is 2. The van der Waals surface area contributed by atoms with E-state index in [0.717, 1.165) is 12.8 Å². The minimum absolute atomic E-state index is 0.0546. The van der Waals surface area contributed by atoms with Crippen LogP contribution in [-0.2, 0) is 9.59 Å². The highest BCUT2D eigenvalue weighted by atomic mass is 16.4. The van der Waals surface area contributed by atoms with E-state index in [-0.39, 0.29) is 30.8 Å². The maximum atomic E-state index is 11.3. The van der Waals surface area contributed by atoms with Crippen LogP contribution in [0.15, 0.2) is 0 Å². The molecule has 1 amide bonds. The molecule has 5 heteroatoms. The Labute approximate surface area is 103 Å². The molecule has 0 spiro atoms. The number of hydrogen-bond acceptors (Lipinski definition) is 3. The van der Waals surface area contributed by atoms with Gasteiger partial charge in [0.05, 0.1) is 13.0 Å². The van der Waals surface area contributed by atoms with Gasteiger partial charge in [0.2, 0.25) is 5.91 Å². The summed E-state index contributed by atoms with van der Waals surface area (Å²) in [6.45, 7) is 6.04. The van der Waals surface area contributed by atoms with Crippen LogP contribution < -0.4 is 11.1 Å². The number of carbonyl (C=O) groups excluding carboxylic acids is 1. The Balaban J connectivity index is 4.53. The summed E-state index contributed by atoms with van der Waals surface area (Å²) in [5, 5.41) is 11.5. The van der Waals surface area contributed by atoms with Gasteiger partial charge in [-0.3, -0.25) is 9.59 Å². The summed E-state index contributed by atoms with van der Waals surface area (Å²) in [5.41, 5.74) is 5.23. The maximum absolute atomic E-state index is 11.3. The molecular weight excluding hydrogens is 220 g/mol. The van der Waals surface area contributed by atoms with Gasteiger partial charge in [-0.1, -0.05) is 33.6 Å². The van der Waals surface area contributed by atoms with Crippen LogP contribution in [0.3, 0.4) is 0 Å². The maximum Gasteiger partial charge on any atom is 0.305 e. The topological polar surface area (TPSA) is 92.4 Å². The van der Waals surface area contributed by atoms with Gasteiger partial charge in [-0.15, -0.1) is 0 Å². The minimum Gasteiger partial charge on any atom is -0.481 e. The summed E-state index contributed by atoms with van der Waals surface area (Å²) in [6, 6.07) is -0.343. The summed E-state index contributed by atoms with van der Waals surface area (Å²) in [5.74, 6) is -0.696. The molecule has 0 heterocycles. The van der Waals surface area contributed by atoms with Crippen molar-refractivity contribution in [3.8, 4) is 0 Å². The average molecular weight is 244 g/mol. The van der Waals surface area contributed by atoms with Gasteiger partial charge in [-0.05, 0) is 11.8 Å². The van der Waals surface area contributed by atoms with E-state index < -0.39 is 5.97 Å². The Hall–Kier alpha value is -1.10. The van der Waals surface area contributed by atoms with Gasteiger partial charge in [0.1, 0.15) is 0 Å². The molecule has 0 aliphatic heterocycles. The second-order valence-electron chi connectivity index (χ2n) is 4.60. The van der Waals surface area contributed by atoms with E-state index in [2.05, 4.69) is 19.2 Å². The number of nitrogens with two attached hydrogens (primary N) is 1. The van der Waals surface area contributed by atoms with Crippen LogP contribution >= 0.6 is 0 Å². The predicted octanol–water partition coefficient (Wildman–Crippen LogP) is 0.977. The van der Waals surface area contributed by atoms with Gasteiger partial charge in [0, 0.05) is 6.04 Å². The lowest BCUT2D eigenvalue weighted by Crippen LogP contribution is -2.45. The van der Waals surface area contributed by atoms with Crippen molar-refractivity contribution in [3.05, 3.63) is 0 Å². The van der Waals surface area contributed by atoms with E-state index in [1.54, 1.807) is 0 Å². The zero-order chi connectivity index (χ0) is 13.4. The zero-order valence-corrected chi connectivity index (χ0v) is 10.9. The molecule has 5 nitrogen and oxygen atoms in total. The number of rotatable bonds is 8. The highest BCUT2D eigenvalue weighted by molar-refractivity contribution is 5.79. The molecule has 4 N–H and O–H groups in total. The van der Waals surface area contributed by atoms with Crippen LogP contribution in [-0.4, -0.2) is 29.6 Å². The normalized spacial score (nSPS) is 16.0. The van der Waals surface area contributed by atoms with Gasteiger partial charge >= 0.3 is 5.97 Å². The largest absolute Gasteiger partial charge is 0.481 e. The summed E-state index contributed by atoms with van der Waals surface area (Å²) >= 11 is 0. The van der Waals surface area contributed by atoms with E-state index in [0.29, 0.717) is 5.92 Å². The third-order valence-corrected chi connectivity index (χ3v) is 3.20. The average Bonchev–Trinajstić information content (AvgIpc) is 2.26. The highest BCUT2D eigenvalue weighted by Gasteiger charge is 2.25. The van der Waals surface area contributed by atoms with Crippen molar-refractivity contribution in [2.24, 2.45) is 17.6 Å². The molecule has 100 valence electrons. The molecule has 0 aromatic carbocycles. The van der Waals surface area contributed by atoms with Crippen molar-refractivity contribution in [1.29, 1.82) is 0 Å². The van der Waals surface area contributed by atoms with Crippen molar-refractivity contribution in [3.63, 3.8) is 0 Å². The first-order valence-corrected chi connectivity index (χ1v) is 6.13. The standard InChI is InChI=1S/C12H24N2O3/c1-4-5-8(2)9(3)10(6-12(16)17)14-11(15)7-13/h8-10H,4-7,13H2,1-3H3,(H,14,15)(H,16,17). The Morgan fingerprint density at radius 3 is 2.35 bits per heavy atom. The monoisotopic (exact) mass is 244 g/mol. The highest BCUT2D eigenvalue weighted by Crippen LogP contribution is 2.22. The molecule has 0 saturated heterocycles. The fraction of sp³-hybridized carbons (Fsp3) is 0.833. The summed E-state index contributed by atoms with van der Waals surface area (Å²) in [4.78, 5) is 22.0. The summed E-state index contributed by atoms with van der Waals surface area (Å²) in [6.07, 6.45) is 2.02. The van der Waals surface area contributed by atoms with Crippen LogP contribution in [0, 0.1) is 11.8 Å². The lowest BCUT2D eigenvalue weighted by molar-refractivity contribution is -0.138. The van der Waals surface area contributed by atoms with Gasteiger partial charge in [0.15, 0.2) is 0 Å². The van der Waals surface area contributed by atoms with Crippen LogP contribution in [0.25, 0.3) is 0 Å². The van der Waals surface area contributed by atoms with Crippen LogP contribution in [0.2, 0.25) is 0 Å². The molecule has 0 radical (unpaired) electrons. The lowest BCUT2D eigenvalue weighted by atomic mass is 9.84. The van der Waals surface area contributed by atoms with Crippen molar-refractivity contribution in [2.75, 3.05) is 6.54 Å². The molecule has 0 aliphatic carbocycles. The SMILES string of the molecule is CCCC(C)C(C)C(CC(=O)O)NC(=O)CN. The number of carboxylic acid groups (broad SMARTS) is 1. The van der Waals surface area contributed by atoms with Gasteiger partial charge in [-0.25, -0.2) is 0 Å². The predicted molar refractivity (Wildman–Crippen MR) is 66.5 cm³/mol. The van der Waals surface area contributed by atoms with Crippen molar-refractivity contribution in [1.82, 2.24) is 5.32 Å². The molecule has 0 bridgehead atoms. The Bertz CT molecular complexity index is 256. The molecule has 3 atom stereocenters. The molecule has 0 aromatic rings. The number of aliphatic carboxylic acids is 1. The molecule has 17 heavy (non-hydrogen) atoms. The van der Waals surface area contributed by atoms with E-state index >= 15 is 0 Å². The van der Waals surface area contributed by atoms with Gasteiger partial charge < -0.3 is 16.2 Å². The molecule has 0 saturated carbocycles. The number of amides is 1. The van der Waals surface area contributed by atoms with Crippen molar-refractivity contribution in [2.45, 2.75) is 46.1 Å². The third-order valence-electron chi connectivity index (χ3n) is 3.20. The Kier molecular flexibility index (Phi) is 7.54. The first kappa shape index (κ1) is 15.9. The quantitative estimate of drug-likeness (QED) is 0.593. The first-order valence-electron chi connectivity index (χ1n) is 6.13. The summed E-state index contributed by atoms with van der Waals surface area (Å²) in [7, 11) is 0. The molecule has 0 fully saturated rings. The number of nitrogens with one attached hydrogen (secondary N) is 1. The van der Waals surface area contributed by atoms with Gasteiger partial charge in [-0.2, -0.15) is 0 Å². The lowest BCUT2D eigenvalue weighted by Gasteiger charge is -2.28. The second kappa shape index (κ2) is 8.06. The van der Waals surface area contributed by atoms with Crippen LogP contribution in [0.5, 0.6) is 0 Å². The molecule has 3 unspecified atom stereocenters. The second-order valence-corrected chi connectivity index (χ2v) is 4.60. The smallest absolute Gasteiger partial charge is 0.305 e. The van der Waals surface area contributed by atoms with E-state index in [4.69, 9.17) is 10.8 Å². The van der Waals surface area contributed by atoms with Gasteiger partial charge in [0.25, 0.3) is 0 Å². The van der Waals surface area contributed by atoms with Crippen LogP contribution in [0.4, 0.5) is 0 Å². The molecule has 0 aliphatic rings. The van der Waals surface area contributed by atoms with Crippen LogP contribution in [0.1, 0.15) is 40.0 Å². The third kappa shape index (κ3) is 6.26. The summed E-state index contributed by atoms with van der Waals surface area (Å²) < 4.78 is 0. The number of hydrogen-bond donors (Lipinski definition) is 3. The van der Waals surface area contributed by atoms with E-state index in [1.807, 2.05) is 6.92 Å².